The van der Waals surface area contributed by atoms with Gasteiger partial charge in [-0.15, -0.1) is 0 Å². The van der Waals surface area contributed by atoms with Gasteiger partial charge in [0.25, 0.3) is 0 Å². The molecular formula is C34H30N2O. The highest BCUT2D eigenvalue weighted by molar-refractivity contribution is 5.85. The third-order valence-corrected chi connectivity index (χ3v) is 7.03. The molecule has 0 atom stereocenters. The minimum atomic E-state index is 0.0756. The number of rotatable bonds is 7. The van der Waals surface area contributed by atoms with Crippen molar-refractivity contribution in [2.45, 2.75) is 38.6 Å². The molecule has 0 saturated carbocycles. The van der Waals surface area contributed by atoms with Crippen molar-refractivity contribution in [3.05, 3.63) is 137 Å². The Balaban J connectivity index is 1.17. The topological polar surface area (TPSA) is 52.9 Å². The highest BCUT2D eigenvalue weighted by Crippen LogP contribution is 2.33. The predicted octanol–water partition coefficient (Wildman–Crippen LogP) is 7.05. The molecule has 1 amide bonds. The number of nitrogens with zero attached hydrogens (tertiary/aromatic N) is 1. The first kappa shape index (κ1) is 24.3. The first-order chi connectivity index (χ1) is 18.2. The molecule has 4 aromatic rings. The van der Waals surface area contributed by atoms with E-state index in [2.05, 4.69) is 96.3 Å². The average molecular weight is 483 g/mol. The van der Waals surface area contributed by atoms with Crippen molar-refractivity contribution in [1.82, 2.24) is 5.32 Å². The Morgan fingerprint density at radius 1 is 0.784 bits per heavy atom. The second kappa shape index (κ2) is 11.5. The molecule has 0 aliphatic heterocycles. The Morgan fingerprint density at radius 2 is 1.54 bits per heavy atom. The fourth-order valence-electron chi connectivity index (χ4n) is 5.14. The van der Waals surface area contributed by atoms with Crippen LogP contribution < -0.4 is 5.32 Å². The summed E-state index contributed by atoms with van der Waals surface area (Å²) in [5, 5.41) is 12.5. The monoisotopic (exact) mass is 482 g/mol. The third kappa shape index (κ3) is 5.88. The largest absolute Gasteiger partial charge is 0.352 e. The van der Waals surface area contributed by atoms with Crippen LogP contribution in [0.3, 0.4) is 0 Å². The van der Waals surface area contributed by atoms with Crippen LogP contribution in [-0.2, 0) is 30.6 Å². The van der Waals surface area contributed by atoms with Crippen LogP contribution in [0.25, 0.3) is 16.7 Å². The second-order valence-electron chi connectivity index (χ2n) is 9.53. The van der Waals surface area contributed by atoms with E-state index in [4.69, 9.17) is 0 Å². The summed E-state index contributed by atoms with van der Waals surface area (Å²) >= 11 is 0. The van der Waals surface area contributed by atoms with Crippen LogP contribution in [0.15, 0.2) is 103 Å². The van der Waals surface area contributed by atoms with Crippen LogP contribution in [-0.4, -0.2) is 5.91 Å². The van der Waals surface area contributed by atoms with Crippen LogP contribution in [0.5, 0.6) is 0 Å². The zero-order valence-corrected chi connectivity index (χ0v) is 20.9. The van der Waals surface area contributed by atoms with Crippen molar-refractivity contribution in [3.63, 3.8) is 0 Å². The van der Waals surface area contributed by atoms with Crippen molar-refractivity contribution in [1.29, 1.82) is 5.26 Å². The molecule has 1 aliphatic carbocycles. The third-order valence-electron chi connectivity index (χ3n) is 7.03. The van der Waals surface area contributed by atoms with E-state index in [-0.39, 0.29) is 5.91 Å². The van der Waals surface area contributed by atoms with Gasteiger partial charge in [-0.05, 0) is 75.8 Å². The summed E-state index contributed by atoms with van der Waals surface area (Å²) < 4.78 is 0. The highest BCUT2D eigenvalue weighted by Gasteiger charge is 2.18. The smallest absolute Gasteiger partial charge is 0.220 e. The molecule has 1 aliphatic rings. The Labute approximate surface area is 219 Å². The predicted molar refractivity (Wildman–Crippen MR) is 150 cm³/mol. The van der Waals surface area contributed by atoms with Gasteiger partial charge < -0.3 is 5.32 Å². The molecular weight excluding hydrogens is 452 g/mol. The first-order valence-corrected chi connectivity index (χ1v) is 12.9. The number of hydrogen-bond acceptors (Lipinski definition) is 2. The summed E-state index contributed by atoms with van der Waals surface area (Å²) in [4.78, 5) is 12.6. The molecule has 1 N–H and O–H groups in total. The van der Waals surface area contributed by atoms with E-state index in [0.29, 0.717) is 13.0 Å². The maximum Gasteiger partial charge on any atom is 0.220 e. The average Bonchev–Trinajstić information content (AvgIpc) is 3.09. The van der Waals surface area contributed by atoms with Gasteiger partial charge in [0, 0.05) is 19.0 Å². The molecule has 4 aromatic carbocycles. The number of hydrogen-bond donors (Lipinski definition) is 1. The summed E-state index contributed by atoms with van der Waals surface area (Å²) in [5.41, 5.74) is 10.5. The van der Waals surface area contributed by atoms with Gasteiger partial charge in [-0.3, -0.25) is 4.79 Å². The van der Waals surface area contributed by atoms with Gasteiger partial charge in [-0.1, -0.05) is 97.1 Å². The minimum Gasteiger partial charge on any atom is -0.352 e. The molecule has 0 spiro atoms. The summed E-state index contributed by atoms with van der Waals surface area (Å²) in [6.45, 7) is 0.514. The van der Waals surface area contributed by atoms with Gasteiger partial charge in [-0.25, -0.2) is 0 Å². The Hall–Kier alpha value is -4.42. The number of carbonyl (C=O) groups is 1. The molecule has 0 fully saturated rings. The van der Waals surface area contributed by atoms with Gasteiger partial charge in [0.05, 0.1) is 6.07 Å². The lowest BCUT2D eigenvalue weighted by Crippen LogP contribution is -2.22. The standard InChI is InChI=1S/C34H30N2O/c35-21-20-33-31-14-5-4-12-28(31)17-18-30-23-26(16-19-32(30)33)24-36-34(37)15-7-9-25-8-6-13-29(22-25)27-10-2-1-3-11-27/h1-6,8,10-14,16,19-20,22-23H,7,9,15,17-18,24H2,(H,36,37)/b33-20+. The molecule has 0 saturated heterocycles. The van der Waals surface area contributed by atoms with Gasteiger partial charge >= 0.3 is 0 Å². The maximum absolute atomic E-state index is 12.6. The number of amides is 1. The lowest BCUT2D eigenvalue weighted by molar-refractivity contribution is -0.121. The molecule has 3 nitrogen and oxygen atoms in total. The summed E-state index contributed by atoms with van der Waals surface area (Å²) in [5.74, 6) is 0.0756. The number of benzene rings is 4. The Kier molecular flexibility index (Phi) is 7.58. The zero-order valence-electron chi connectivity index (χ0n) is 20.9. The Bertz CT molecular complexity index is 1480. The number of aryl methyl sites for hydroxylation is 3. The highest BCUT2D eigenvalue weighted by atomic mass is 16.1. The van der Waals surface area contributed by atoms with Crippen LogP contribution in [0, 0.1) is 11.3 Å². The van der Waals surface area contributed by atoms with Crippen LogP contribution >= 0.6 is 0 Å². The fraction of sp³-hybridized carbons (Fsp3) is 0.176. The lowest BCUT2D eigenvalue weighted by atomic mass is 9.93. The summed E-state index contributed by atoms with van der Waals surface area (Å²) in [6.07, 6.45) is 5.70. The van der Waals surface area contributed by atoms with E-state index in [1.54, 1.807) is 6.08 Å². The normalized spacial score (nSPS) is 13.2. The molecule has 0 radical (unpaired) electrons. The summed E-state index contributed by atoms with van der Waals surface area (Å²) in [7, 11) is 0. The van der Waals surface area contributed by atoms with E-state index in [1.165, 1.54) is 27.8 Å². The second-order valence-corrected chi connectivity index (χ2v) is 9.53. The lowest BCUT2D eigenvalue weighted by Gasteiger charge is -2.13. The van der Waals surface area contributed by atoms with E-state index < -0.39 is 0 Å². The summed E-state index contributed by atoms with van der Waals surface area (Å²) in [6, 6.07) is 35.8. The zero-order chi connectivity index (χ0) is 25.5. The molecule has 5 rings (SSSR count). The van der Waals surface area contributed by atoms with Crippen molar-refractivity contribution in [2.75, 3.05) is 0 Å². The fourth-order valence-corrected chi connectivity index (χ4v) is 5.14. The van der Waals surface area contributed by atoms with Crippen LogP contribution in [0.4, 0.5) is 0 Å². The van der Waals surface area contributed by atoms with E-state index >= 15 is 0 Å². The van der Waals surface area contributed by atoms with Crippen molar-refractivity contribution in [2.24, 2.45) is 0 Å². The molecule has 37 heavy (non-hydrogen) atoms. The molecule has 3 heteroatoms. The van der Waals surface area contributed by atoms with Crippen molar-refractivity contribution in [3.8, 4) is 17.2 Å². The van der Waals surface area contributed by atoms with E-state index in [0.717, 1.165) is 47.9 Å². The number of fused-ring (bicyclic) bond motifs is 2. The number of allylic oxidation sites excluding steroid dienone is 1. The molecule has 0 heterocycles. The quantitative estimate of drug-likeness (QED) is 0.287. The SMILES string of the molecule is N#C/C=C1\c2ccccc2CCc2cc(CNC(=O)CCCc3cccc(-c4ccccc4)c3)ccc21. The van der Waals surface area contributed by atoms with Gasteiger partial charge in [-0.2, -0.15) is 5.26 Å². The molecule has 0 unspecified atom stereocenters. The van der Waals surface area contributed by atoms with Crippen LogP contribution in [0.2, 0.25) is 0 Å². The number of nitriles is 1. The molecule has 0 bridgehead atoms. The minimum absolute atomic E-state index is 0.0756. The van der Waals surface area contributed by atoms with E-state index in [1.807, 2.05) is 12.1 Å². The van der Waals surface area contributed by atoms with Crippen molar-refractivity contribution >= 4 is 11.5 Å². The first-order valence-electron chi connectivity index (χ1n) is 12.9. The number of carbonyl (C=O) groups excluding carboxylic acids is 1. The Morgan fingerprint density at radius 3 is 2.41 bits per heavy atom. The maximum atomic E-state index is 12.6. The molecule has 0 aromatic heterocycles. The number of nitrogens with one attached hydrogen (secondary N) is 1. The van der Waals surface area contributed by atoms with Gasteiger partial charge in [0.2, 0.25) is 5.91 Å². The van der Waals surface area contributed by atoms with Crippen LogP contribution in [0.1, 0.15) is 46.2 Å². The van der Waals surface area contributed by atoms with Gasteiger partial charge in [0.1, 0.15) is 0 Å². The van der Waals surface area contributed by atoms with Gasteiger partial charge in [0.15, 0.2) is 0 Å². The van der Waals surface area contributed by atoms with Crippen molar-refractivity contribution < 1.29 is 4.79 Å². The molecule has 182 valence electrons. The van der Waals surface area contributed by atoms with E-state index in [9.17, 15) is 10.1 Å².